The first-order valence-corrected chi connectivity index (χ1v) is 9.44. The molecule has 0 saturated carbocycles. The smallest absolute Gasteiger partial charge is 0.305 e. The highest BCUT2D eigenvalue weighted by Gasteiger charge is 2.27. The van der Waals surface area contributed by atoms with E-state index in [9.17, 15) is 18.3 Å². The molecule has 0 bridgehead atoms. The molecule has 140 valence electrons. The lowest BCUT2D eigenvalue weighted by Gasteiger charge is -2.19. The summed E-state index contributed by atoms with van der Waals surface area (Å²) in [5, 5.41) is 19.2. The predicted molar refractivity (Wildman–Crippen MR) is 96.4 cm³/mol. The number of aromatic hydroxyl groups is 1. The molecule has 0 radical (unpaired) electrons. The summed E-state index contributed by atoms with van der Waals surface area (Å²) in [4.78, 5) is 11.1. The van der Waals surface area contributed by atoms with Crippen LogP contribution in [0.25, 0.3) is 0 Å². The monoisotopic (exact) mass is 419 g/mol. The van der Waals surface area contributed by atoms with Gasteiger partial charge in [-0.1, -0.05) is 29.3 Å². The zero-order chi connectivity index (χ0) is 19.5. The third-order valence-corrected chi connectivity index (χ3v) is 5.44. The third-order valence-electron chi connectivity index (χ3n) is 3.46. The molecule has 2 aromatic rings. The van der Waals surface area contributed by atoms with Crippen molar-refractivity contribution >= 4 is 39.2 Å². The van der Waals surface area contributed by atoms with Crippen LogP contribution >= 0.6 is 23.2 Å². The van der Waals surface area contributed by atoms with Crippen LogP contribution < -0.4 is 9.46 Å². The number of halogens is 2. The maximum absolute atomic E-state index is 12.6. The summed E-state index contributed by atoms with van der Waals surface area (Å²) in [6.45, 7) is 0. The Bertz CT molecular complexity index is 932. The molecule has 0 amide bonds. The van der Waals surface area contributed by atoms with Crippen LogP contribution in [0, 0.1) is 0 Å². The largest absolute Gasteiger partial charge is 0.506 e. The summed E-state index contributed by atoms with van der Waals surface area (Å²) in [6.07, 6.45) is -0.632. The molecule has 0 aromatic heterocycles. The number of phenolic OH excluding ortho intramolecular Hbond substituents is 1. The lowest BCUT2D eigenvalue weighted by molar-refractivity contribution is -0.137. The average Bonchev–Trinajstić information content (AvgIpc) is 2.57. The van der Waals surface area contributed by atoms with Crippen LogP contribution in [0.15, 0.2) is 41.3 Å². The van der Waals surface area contributed by atoms with E-state index >= 15 is 0 Å². The number of ether oxygens (including phenoxy) is 1. The zero-order valence-corrected chi connectivity index (χ0v) is 15.8. The highest BCUT2D eigenvalue weighted by Crippen LogP contribution is 2.36. The van der Waals surface area contributed by atoms with E-state index in [0.717, 1.165) is 0 Å². The van der Waals surface area contributed by atoms with Crippen molar-refractivity contribution in [3.63, 3.8) is 0 Å². The van der Waals surface area contributed by atoms with E-state index in [2.05, 4.69) is 4.72 Å². The summed E-state index contributed by atoms with van der Waals surface area (Å²) in [6, 6.07) is 6.88. The summed E-state index contributed by atoms with van der Waals surface area (Å²) in [7, 11) is -2.73. The van der Waals surface area contributed by atoms with Crippen molar-refractivity contribution in [3.8, 4) is 11.5 Å². The Morgan fingerprint density at radius 1 is 1.27 bits per heavy atom. The van der Waals surface area contributed by atoms with Gasteiger partial charge in [-0.25, -0.2) is 13.1 Å². The molecule has 0 fully saturated rings. The molecule has 2 aromatic carbocycles. The summed E-state index contributed by atoms with van der Waals surface area (Å²) in [5.74, 6) is -1.41. The second-order valence-corrected chi connectivity index (χ2v) is 7.83. The number of carbonyl (C=O) groups is 1. The van der Waals surface area contributed by atoms with Gasteiger partial charge in [0.15, 0.2) is 0 Å². The number of carboxylic acids is 1. The van der Waals surface area contributed by atoms with E-state index in [1.54, 1.807) is 6.07 Å². The van der Waals surface area contributed by atoms with Crippen molar-refractivity contribution in [2.45, 2.75) is 17.4 Å². The van der Waals surface area contributed by atoms with Crippen molar-refractivity contribution in [2.75, 3.05) is 7.11 Å². The topological polar surface area (TPSA) is 113 Å². The van der Waals surface area contributed by atoms with Gasteiger partial charge in [0.05, 0.1) is 29.5 Å². The molecule has 26 heavy (non-hydrogen) atoms. The fourth-order valence-corrected chi connectivity index (χ4v) is 4.02. The van der Waals surface area contributed by atoms with E-state index in [1.165, 1.54) is 37.4 Å². The third kappa shape index (κ3) is 4.79. The Hall–Kier alpha value is -2.00. The van der Waals surface area contributed by atoms with E-state index in [-0.39, 0.29) is 20.5 Å². The lowest BCUT2D eigenvalue weighted by Crippen LogP contribution is -2.30. The molecular weight excluding hydrogens is 405 g/mol. The standard InChI is InChI=1S/C16H15Cl2NO6S/c1-25-10-3-2-4-11(7-10)26(23,24)19-14(8-15(20)21)12-5-9(17)6-13(18)16(12)22/h2-7,14,19,22H,8H2,1H3,(H,20,21)/t14-/m1/s1. The van der Waals surface area contributed by atoms with Gasteiger partial charge in [0.1, 0.15) is 11.5 Å². The van der Waals surface area contributed by atoms with Crippen molar-refractivity contribution in [2.24, 2.45) is 0 Å². The molecular formula is C16H15Cl2NO6S. The number of hydrogen-bond acceptors (Lipinski definition) is 5. The highest BCUT2D eigenvalue weighted by molar-refractivity contribution is 7.89. The van der Waals surface area contributed by atoms with Crippen LogP contribution in [0.3, 0.4) is 0 Å². The second-order valence-electron chi connectivity index (χ2n) is 5.28. The number of aliphatic carboxylic acids is 1. The molecule has 0 spiro atoms. The number of benzene rings is 2. The fourth-order valence-electron chi connectivity index (χ4n) is 2.26. The molecule has 3 N–H and O–H groups in total. The molecule has 2 rings (SSSR count). The van der Waals surface area contributed by atoms with Crippen molar-refractivity contribution in [1.29, 1.82) is 0 Å². The van der Waals surface area contributed by atoms with Crippen LogP contribution in [0.4, 0.5) is 0 Å². The molecule has 0 heterocycles. The van der Waals surface area contributed by atoms with Gasteiger partial charge in [-0.05, 0) is 24.3 Å². The Morgan fingerprint density at radius 3 is 2.58 bits per heavy atom. The summed E-state index contributed by atoms with van der Waals surface area (Å²) < 4.78 is 32.5. The van der Waals surface area contributed by atoms with Gasteiger partial charge in [-0.15, -0.1) is 0 Å². The van der Waals surface area contributed by atoms with E-state index in [0.29, 0.717) is 5.75 Å². The molecule has 0 aliphatic carbocycles. The minimum atomic E-state index is -4.12. The van der Waals surface area contributed by atoms with Gasteiger partial charge in [0.2, 0.25) is 10.0 Å². The SMILES string of the molecule is COc1cccc(S(=O)(=O)N[C@H](CC(=O)O)c2cc(Cl)cc(Cl)c2O)c1. The lowest BCUT2D eigenvalue weighted by atomic mass is 10.0. The first-order valence-electron chi connectivity index (χ1n) is 7.20. The number of phenols is 1. The molecule has 7 nitrogen and oxygen atoms in total. The maximum Gasteiger partial charge on any atom is 0.305 e. The molecule has 10 heteroatoms. The highest BCUT2D eigenvalue weighted by atomic mass is 35.5. The summed E-state index contributed by atoms with van der Waals surface area (Å²) in [5.41, 5.74) is -0.0450. The first kappa shape index (κ1) is 20.3. The Labute approximate surface area is 160 Å². The number of sulfonamides is 1. The maximum atomic E-state index is 12.6. The Balaban J connectivity index is 2.47. The molecule has 0 saturated heterocycles. The minimum absolute atomic E-state index is 0.0450. The van der Waals surface area contributed by atoms with Crippen molar-refractivity contribution in [1.82, 2.24) is 4.72 Å². The summed E-state index contributed by atoms with van der Waals surface area (Å²) >= 11 is 11.7. The number of nitrogens with one attached hydrogen (secondary N) is 1. The van der Waals surface area contributed by atoms with Gasteiger partial charge < -0.3 is 14.9 Å². The van der Waals surface area contributed by atoms with Gasteiger partial charge >= 0.3 is 5.97 Å². The van der Waals surface area contributed by atoms with Gasteiger partial charge in [-0.3, -0.25) is 4.79 Å². The van der Waals surface area contributed by atoms with Gasteiger partial charge in [0, 0.05) is 16.7 Å². The normalized spacial score (nSPS) is 12.6. The molecule has 0 aliphatic rings. The van der Waals surface area contributed by atoms with E-state index < -0.39 is 34.2 Å². The van der Waals surface area contributed by atoms with Crippen LogP contribution in [0.5, 0.6) is 11.5 Å². The quantitative estimate of drug-likeness (QED) is 0.634. The number of rotatable bonds is 7. The number of carboxylic acid groups (broad SMARTS) is 1. The van der Waals surface area contributed by atoms with Crippen molar-refractivity contribution < 1.29 is 28.2 Å². The fraction of sp³-hybridized carbons (Fsp3) is 0.188. The van der Waals surface area contributed by atoms with Crippen molar-refractivity contribution in [3.05, 3.63) is 52.0 Å². The average molecular weight is 420 g/mol. The van der Waals surface area contributed by atoms with Gasteiger partial charge in [-0.2, -0.15) is 0 Å². The molecule has 0 unspecified atom stereocenters. The first-order chi connectivity index (χ1) is 12.1. The van der Waals surface area contributed by atoms with Crippen LogP contribution in [0.2, 0.25) is 10.0 Å². The Morgan fingerprint density at radius 2 is 1.96 bits per heavy atom. The van der Waals surface area contributed by atoms with Crippen LogP contribution in [-0.2, 0) is 14.8 Å². The molecule has 1 atom stereocenters. The zero-order valence-electron chi connectivity index (χ0n) is 13.4. The van der Waals surface area contributed by atoms with E-state index in [4.69, 9.17) is 33.0 Å². The predicted octanol–water partition coefficient (Wildman–Crippen LogP) is 3.20. The van der Waals surface area contributed by atoms with E-state index in [1.807, 2.05) is 0 Å². The second kappa shape index (κ2) is 8.13. The minimum Gasteiger partial charge on any atom is -0.506 e. The number of methoxy groups -OCH3 is 1. The van der Waals surface area contributed by atoms with Crippen LogP contribution in [0.1, 0.15) is 18.0 Å². The number of hydrogen-bond donors (Lipinski definition) is 3. The van der Waals surface area contributed by atoms with Gasteiger partial charge in [0.25, 0.3) is 0 Å². The Kier molecular flexibility index (Phi) is 6.35. The molecule has 0 aliphatic heterocycles. The van der Waals surface area contributed by atoms with Crippen LogP contribution in [-0.4, -0.2) is 31.7 Å².